The van der Waals surface area contributed by atoms with Crippen LogP contribution in [-0.4, -0.2) is 80.6 Å². The molecule has 0 radical (unpaired) electrons. The highest BCUT2D eigenvalue weighted by Gasteiger charge is 2.31. The van der Waals surface area contributed by atoms with Crippen molar-refractivity contribution in [3.63, 3.8) is 0 Å². The molecule has 8 nitrogen and oxygen atoms in total. The van der Waals surface area contributed by atoms with E-state index in [1.165, 1.54) is 0 Å². The zero-order valence-electron chi connectivity index (χ0n) is 36.2. The van der Waals surface area contributed by atoms with Crippen molar-refractivity contribution in [2.24, 2.45) is 0 Å². The van der Waals surface area contributed by atoms with Gasteiger partial charge in [0.1, 0.15) is 6.61 Å². The smallest absolute Gasteiger partial charge is 0.362 e. The fourth-order valence-corrected chi connectivity index (χ4v) is 5.09. The van der Waals surface area contributed by atoms with Crippen molar-refractivity contribution in [3.8, 4) is 0 Å². The van der Waals surface area contributed by atoms with Crippen LogP contribution in [0.25, 0.3) is 0 Å². The molecule has 0 bridgehead atoms. The Balaban J connectivity index is 4.61. The summed E-state index contributed by atoms with van der Waals surface area (Å²) in [6.07, 6.45) is 57.4. The molecule has 0 fully saturated rings. The normalized spacial score (nSPS) is 14.4. The molecule has 8 heteroatoms. The van der Waals surface area contributed by atoms with Crippen LogP contribution in [0.3, 0.4) is 0 Å². The third-order valence-corrected chi connectivity index (χ3v) is 8.31. The van der Waals surface area contributed by atoms with Gasteiger partial charge in [-0.1, -0.05) is 173 Å². The molecule has 2 atom stereocenters. The lowest BCUT2D eigenvalue weighted by Crippen LogP contribution is -2.50. The van der Waals surface area contributed by atoms with Crippen molar-refractivity contribution in [1.29, 1.82) is 0 Å². The summed E-state index contributed by atoms with van der Waals surface area (Å²) in [5.41, 5.74) is 0. The van der Waals surface area contributed by atoms with Crippen molar-refractivity contribution in [1.82, 2.24) is 0 Å². The van der Waals surface area contributed by atoms with E-state index in [1.54, 1.807) is 0 Å². The summed E-state index contributed by atoms with van der Waals surface area (Å²) >= 11 is 0. The fourth-order valence-electron chi connectivity index (χ4n) is 5.09. The molecule has 0 spiro atoms. The number of allylic oxidation sites excluding steroid dienone is 24. The van der Waals surface area contributed by atoms with Crippen LogP contribution in [0.4, 0.5) is 0 Å². The predicted molar refractivity (Wildman–Crippen MR) is 242 cm³/mol. The first-order valence-electron chi connectivity index (χ1n) is 21.0. The second kappa shape index (κ2) is 39.1. The van der Waals surface area contributed by atoms with Crippen LogP contribution >= 0.6 is 0 Å². The topological polar surface area (TPSA) is 99.1 Å². The standard InChI is InChI=1S/C50H73NO7/c1-6-8-10-12-14-16-18-20-22-23-24-25-27-29-31-33-35-37-39-41-49(53)58-46(44-56-43-42-47(50(54)55)51(3,4)5)45-57-48(52)40-38-36-34-32-30-28-26-21-19-17-15-13-11-9-7-2/h8-31,46-47H,6-7,32-45H2,1-5H3/p+1/b10-8+,11-9+,14-12+,15-13+,18-16+,19-17+,22-20+,24-23+,26-21+,27-25+,30-28+,31-29+. The number of unbranched alkanes of at least 4 members (excludes halogenated alkanes) is 6. The number of nitrogens with zero attached hydrogens (tertiary/aromatic N) is 1. The number of likely N-dealkylation sites (N-methyl/N-ethyl adjacent to an activating group) is 1. The first-order chi connectivity index (χ1) is 28.1. The Morgan fingerprint density at radius 1 is 0.517 bits per heavy atom. The Bertz CT molecular complexity index is 1440. The molecule has 0 aromatic rings. The van der Waals surface area contributed by atoms with Gasteiger partial charge in [-0.2, -0.15) is 0 Å². The summed E-state index contributed by atoms with van der Waals surface area (Å²) in [7, 11) is 5.47. The van der Waals surface area contributed by atoms with Crippen LogP contribution in [0.15, 0.2) is 146 Å². The van der Waals surface area contributed by atoms with Crippen molar-refractivity contribution >= 4 is 17.9 Å². The molecule has 0 aromatic carbocycles. The summed E-state index contributed by atoms with van der Waals surface area (Å²) < 4.78 is 17.2. The van der Waals surface area contributed by atoms with E-state index < -0.39 is 18.1 Å². The van der Waals surface area contributed by atoms with Gasteiger partial charge in [-0.3, -0.25) is 9.59 Å². The molecule has 0 heterocycles. The van der Waals surface area contributed by atoms with Crippen LogP contribution in [-0.2, 0) is 28.6 Å². The summed E-state index contributed by atoms with van der Waals surface area (Å²) in [6, 6.07) is -0.641. The van der Waals surface area contributed by atoms with E-state index in [0.29, 0.717) is 19.3 Å². The molecule has 0 aliphatic rings. The van der Waals surface area contributed by atoms with Gasteiger partial charge in [-0.15, -0.1) is 0 Å². The van der Waals surface area contributed by atoms with Gasteiger partial charge in [-0.25, -0.2) is 4.79 Å². The lowest BCUT2D eigenvalue weighted by molar-refractivity contribution is -0.887. The maximum Gasteiger partial charge on any atom is 0.362 e. The first kappa shape index (κ1) is 53.2. The van der Waals surface area contributed by atoms with E-state index in [1.807, 2.05) is 143 Å². The molecule has 0 saturated heterocycles. The Morgan fingerprint density at radius 3 is 1.31 bits per heavy atom. The molecule has 0 aromatic heterocycles. The average Bonchev–Trinajstić information content (AvgIpc) is 3.18. The highest BCUT2D eigenvalue weighted by atomic mass is 16.6. The number of hydrogen-bond acceptors (Lipinski definition) is 6. The zero-order valence-corrected chi connectivity index (χ0v) is 36.2. The van der Waals surface area contributed by atoms with Gasteiger partial charge in [0.15, 0.2) is 12.1 Å². The Morgan fingerprint density at radius 2 is 0.914 bits per heavy atom. The van der Waals surface area contributed by atoms with E-state index in [-0.39, 0.29) is 49.1 Å². The maximum absolute atomic E-state index is 12.7. The highest BCUT2D eigenvalue weighted by molar-refractivity contribution is 5.72. The fraction of sp³-hybridized carbons (Fsp3) is 0.460. The number of rotatable bonds is 34. The predicted octanol–water partition coefficient (Wildman–Crippen LogP) is 11.4. The van der Waals surface area contributed by atoms with Crippen molar-refractivity contribution in [3.05, 3.63) is 146 Å². The maximum atomic E-state index is 12.7. The zero-order chi connectivity index (χ0) is 42.8. The number of ether oxygens (including phenoxy) is 3. The molecule has 0 aliphatic carbocycles. The van der Waals surface area contributed by atoms with Crippen molar-refractivity contribution < 1.29 is 38.2 Å². The monoisotopic (exact) mass is 801 g/mol. The quantitative estimate of drug-likeness (QED) is 0.0299. The molecule has 0 saturated carbocycles. The van der Waals surface area contributed by atoms with Crippen LogP contribution in [0.5, 0.6) is 0 Å². The largest absolute Gasteiger partial charge is 0.477 e. The van der Waals surface area contributed by atoms with Crippen LogP contribution < -0.4 is 0 Å². The first-order valence-corrected chi connectivity index (χ1v) is 21.0. The minimum Gasteiger partial charge on any atom is -0.477 e. The number of hydrogen-bond donors (Lipinski definition) is 1. The molecular formula is C50H74NO7+. The molecule has 2 unspecified atom stereocenters. The SMILES string of the molecule is CC/C=C/C=C/C=C/C=C/C=C/C=C/C=C/CCCCCC(=O)OC(COCCC(C(=O)O)[N+](C)(C)C)COC(=O)CCCCC/C=C/C=C/C=C/C=C/C=C/CC. The summed E-state index contributed by atoms with van der Waals surface area (Å²) in [5.74, 6) is -1.61. The second-order valence-corrected chi connectivity index (χ2v) is 14.4. The summed E-state index contributed by atoms with van der Waals surface area (Å²) in [4.78, 5) is 36.9. The number of esters is 2. The number of carboxylic acid groups (broad SMARTS) is 1. The van der Waals surface area contributed by atoms with Gasteiger partial charge in [0.25, 0.3) is 0 Å². The van der Waals surface area contributed by atoms with Crippen LogP contribution in [0.1, 0.15) is 97.3 Å². The molecular weight excluding hydrogens is 727 g/mol. The van der Waals surface area contributed by atoms with Crippen molar-refractivity contribution in [2.75, 3.05) is 41.0 Å². The second-order valence-electron chi connectivity index (χ2n) is 14.4. The molecule has 0 aliphatic heterocycles. The minimum absolute atomic E-state index is 0.0156. The number of quaternary nitrogens is 1. The van der Waals surface area contributed by atoms with E-state index in [9.17, 15) is 19.5 Å². The van der Waals surface area contributed by atoms with Gasteiger partial charge in [0.05, 0.1) is 34.4 Å². The third-order valence-electron chi connectivity index (χ3n) is 8.31. The Labute approximate surface area is 351 Å². The number of aliphatic carboxylic acids is 1. The lowest BCUT2D eigenvalue weighted by Gasteiger charge is -2.31. The summed E-state index contributed by atoms with van der Waals surface area (Å²) in [6.45, 7) is 4.30. The van der Waals surface area contributed by atoms with Crippen LogP contribution in [0.2, 0.25) is 0 Å². The Hall–Kier alpha value is -4.79. The lowest BCUT2D eigenvalue weighted by atomic mass is 10.1. The van der Waals surface area contributed by atoms with E-state index in [4.69, 9.17) is 14.2 Å². The number of carbonyl (C=O) groups is 3. The molecule has 320 valence electrons. The average molecular weight is 801 g/mol. The minimum atomic E-state index is -0.899. The number of carboxylic acids is 1. The van der Waals surface area contributed by atoms with Gasteiger partial charge in [0.2, 0.25) is 0 Å². The van der Waals surface area contributed by atoms with Gasteiger partial charge in [-0.05, 0) is 51.4 Å². The van der Waals surface area contributed by atoms with Gasteiger partial charge < -0.3 is 23.8 Å². The molecule has 0 rings (SSSR count). The Kier molecular flexibility index (Phi) is 35.8. The van der Waals surface area contributed by atoms with E-state index in [0.717, 1.165) is 51.4 Å². The molecule has 1 N–H and O–H groups in total. The molecule has 58 heavy (non-hydrogen) atoms. The van der Waals surface area contributed by atoms with E-state index in [2.05, 4.69) is 38.2 Å². The van der Waals surface area contributed by atoms with Gasteiger partial charge in [0, 0.05) is 19.3 Å². The summed E-state index contributed by atoms with van der Waals surface area (Å²) in [5, 5.41) is 9.61. The molecule has 0 amide bonds. The van der Waals surface area contributed by atoms with Gasteiger partial charge >= 0.3 is 17.9 Å². The highest BCUT2D eigenvalue weighted by Crippen LogP contribution is 2.11. The van der Waals surface area contributed by atoms with E-state index >= 15 is 0 Å². The number of carbonyl (C=O) groups excluding carboxylic acids is 2. The van der Waals surface area contributed by atoms with Crippen molar-refractivity contribution in [2.45, 2.75) is 109 Å². The third kappa shape index (κ3) is 36.8. The van der Waals surface area contributed by atoms with Crippen LogP contribution in [0, 0.1) is 0 Å².